The molecule has 0 aliphatic carbocycles. The number of unbranched alkanes of at least 4 members (excludes halogenated alkanes) is 3. The molecule has 0 spiro atoms. The van der Waals surface area contributed by atoms with Crippen molar-refractivity contribution in [2.75, 3.05) is 6.61 Å². The summed E-state index contributed by atoms with van der Waals surface area (Å²) in [7, 11) is -3.84. The fourth-order valence-electron chi connectivity index (χ4n) is 5.91. The normalized spacial score (nSPS) is 14.3. The summed E-state index contributed by atoms with van der Waals surface area (Å²) in [5.74, 6) is 0.183. The second kappa shape index (κ2) is 15.5. The number of hydrogen-bond acceptors (Lipinski definition) is 3. The van der Waals surface area contributed by atoms with E-state index in [1.165, 1.54) is 32.6 Å². The summed E-state index contributed by atoms with van der Waals surface area (Å²) >= 11 is -3.15. The number of aliphatic hydroxyl groups excluding tert-OH is 1. The average molecular weight is 623 g/mol. The Kier molecular flexibility index (Phi) is 13.5. The first kappa shape index (κ1) is 31.3. The Morgan fingerprint density at radius 1 is 0.778 bits per heavy atom. The van der Waals surface area contributed by atoms with Crippen LogP contribution in [0.1, 0.15) is 84.7 Å². The Balaban J connectivity index is 2.85. The molecule has 0 saturated heterocycles. The number of hydrogen-bond donors (Lipinski definition) is 1. The molecule has 2 rings (SSSR count). The van der Waals surface area contributed by atoms with Crippen LogP contribution in [0.15, 0.2) is 65.6 Å². The van der Waals surface area contributed by atoms with Gasteiger partial charge in [-0.15, -0.1) is 0 Å². The Bertz CT molecular complexity index is 944. The van der Waals surface area contributed by atoms with Gasteiger partial charge in [0.1, 0.15) is 0 Å². The number of benzene rings is 2. The first-order valence-electron chi connectivity index (χ1n) is 14.0. The molecule has 2 aromatic carbocycles. The fraction of sp³-hybridized carbons (Fsp3) is 0.600. The van der Waals surface area contributed by atoms with Crippen molar-refractivity contribution >= 4 is 28.4 Å². The zero-order valence-electron chi connectivity index (χ0n) is 23.2. The average Bonchev–Trinajstić information content (AvgIpc) is 2.89. The van der Waals surface area contributed by atoms with Gasteiger partial charge >= 0.3 is 226 Å². The van der Waals surface area contributed by atoms with E-state index in [9.17, 15) is 13.5 Å². The first-order valence-corrected chi connectivity index (χ1v) is 23.2. The zero-order valence-corrected chi connectivity index (χ0v) is 26.9. The van der Waals surface area contributed by atoms with Gasteiger partial charge in [0.2, 0.25) is 0 Å². The Labute approximate surface area is 225 Å². The summed E-state index contributed by atoms with van der Waals surface area (Å²) in [6, 6.07) is 18.0. The van der Waals surface area contributed by atoms with Crippen LogP contribution in [0, 0.1) is 5.92 Å². The molecule has 0 aliphatic rings. The van der Waals surface area contributed by atoms with Crippen molar-refractivity contribution in [3.63, 3.8) is 0 Å². The van der Waals surface area contributed by atoms with Crippen LogP contribution in [0.5, 0.6) is 0 Å². The Hall–Kier alpha value is -0.891. The van der Waals surface area contributed by atoms with Crippen LogP contribution in [0.25, 0.3) is 0 Å². The number of aliphatic hydroxyl groups is 1. The second-order valence-corrected chi connectivity index (χ2v) is 26.2. The molecule has 0 aromatic heterocycles. The van der Waals surface area contributed by atoms with Crippen LogP contribution in [0.2, 0.25) is 13.3 Å². The van der Waals surface area contributed by atoms with Gasteiger partial charge in [0.05, 0.1) is 0 Å². The van der Waals surface area contributed by atoms with Gasteiger partial charge in [0.15, 0.2) is 0 Å². The number of rotatable bonds is 17. The standard InChI is InChI=1S/C18H22NO3S.3C4H9.Sn/c1-15(2)13-19(18(14-20)16-9-5-3-6-10-16)23(21,22)17-11-7-4-8-12-17;3*1-3-4-2;/h3-13,15,18,20H,14H2,1-2H3;3*1,3-4H2,2H3;/t18-;;;;/m0..../s1. The Morgan fingerprint density at radius 3 is 1.61 bits per heavy atom. The third-order valence-corrected chi connectivity index (χ3v) is 27.9. The minimum absolute atomic E-state index is 0.0217. The van der Waals surface area contributed by atoms with Crippen molar-refractivity contribution in [1.29, 1.82) is 0 Å². The van der Waals surface area contributed by atoms with Crippen molar-refractivity contribution < 1.29 is 13.5 Å². The number of nitrogens with zero attached hydrogens (tertiary/aromatic N) is 1. The van der Waals surface area contributed by atoms with E-state index in [0.29, 0.717) is 4.90 Å². The molecule has 0 bridgehead atoms. The van der Waals surface area contributed by atoms with Gasteiger partial charge in [-0.3, -0.25) is 0 Å². The second-order valence-electron chi connectivity index (χ2n) is 10.6. The first-order chi connectivity index (χ1) is 17.3. The Morgan fingerprint density at radius 2 is 1.22 bits per heavy atom. The van der Waals surface area contributed by atoms with Crippen molar-refractivity contribution in [1.82, 2.24) is 4.31 Å². The molecule has 36 heavy (non-hydrogen) atoms. The third-order valence-electron chi connectivity index (χ3n) is 7.60. The topological polar surface area (TPSA) is 57.6 Å². The van der Waals surface area contributed by atoms with Crippen LogP contribution in [-0.4, -0.2) is 46.9 Å². The molecule has 0 fully saturated rings. The predicted molar refractivity (Wildman–Crippen MR) is 155 cm³/mol. The van der Waals surface area contributed by atoms with Gasteiger partial charge in [0.25, 0.3) is 0 Å². The van der Waals surface area contributed by atoms with Gasteiger partial charge in [0, 0.05) is 0 Å². The van der Waals surface area contributed by atoms with E-state index in [1.807, 2.05) is 40.7 Å². The van der Waals surface area contributed by atoms with Crippen molar-refractivity contribution in [3.8, 4) is 0 Å². The van der Waals surface area contributed by atoms with Crippen LogP contribution in [0.4, 0.5) is 0 Å². The summed E-state index contributed by atoms with van der Waals surface area (Å²) in [4.78, 5) is 0.326. The summed E-state index contributed by atoms with van der Waals surface area (Å²) in [5, 5.41) is 10.8. The van der Waals surface area contributed by atoms with Crippen LogP contribution in [0.3, 0.4) is 0 Å². The van der Waals surface area contributed by atoms with E-state index in [2.05, 4.69) is 34.6 Å². The molecule has 202 valence electrons. The van der Waals surface area contributed by atoms with E-state index in [1.54, 1.807) is 24.3 Å². The predicted octanol–water partition coefficient (Wildman–Crippen LogP) is 7.82. The molecule has 6 heteroatoms. The van der Waals surface area contributed by atoms with Gasteiger partial charge in [-0.05, 0) is 0 Å². The van der Waals surface area contributed by atoms with Gasteiger partial charge in [-0.2, -0.15) is 0 Å². The fourth-order valence-corrected chi connectivity index (χ4v) is 30.2. The molecule has 2 aromatic rings. The monoisotopic (exact) mass is 623 g/mol. The molecule has 0 amide bonds. The molecule has 2 atom stereocenters. The number of sulfonamides is 1. The molecule has 1 N–H and O–H groups in total. The molecule has 0 aliphatic heterocycles. The minimum atomic E-state index is -3.84. The molecule has 4 nitrogen and oxygen atoms in total. The van der Waals surface area contributed by atoms with E-state index in [-0.39, 0.29) is 16.6 Å². The van der Waals surface area contributed by atoms with Crippen molar-refractivity contribution in [2.24, 2.45) is 5.92 Å². The molecule has 0 heterocycles. The maximum absolute atomic E-state index is 14.6. The van der Waals surface area contributed by atoms with E-state index < -0.39 is 34.4 Å². The van der Waals surface area contributed by atoms with E-state index >= 15 is 0 Å². The molecular weight excluding hydrogens is 573 g/mol. The van der Waals surface area contributed by atoms with E-state index in [4.69, 9.17) is 0 Å². The summed E-state index contributed by atoms with van der Waals surface area (Å²) in [6.07, 6.45) is 6.91. The summed E-state index contributed by atoms with van der Waals surface area (Å²) in [5.41, 5.74) is 0.867. The van der Waals surface area contributed by atoms with Gasteiger partial charge in [-0.1, -0.05) is 0 Å². The molecular formula is C30H49NO3SSn. The zero-order chi connectivity index (χ0) is 26.6. The van der Waals surface area contributed by atoms with Crippen molar-refractivity contribution in [2.45, 2.75) is 101 Å². The summed E-state index contributed by atoms with van der Waals surface area (Å²) < 4.78 is 34.6. The third kappa shape index (κ3) is 7.81. The maximum atomic E-state index is 14.6. The summed E-state index contributed by atoms with van der Waals surface area (Å²) in [6.45, 7) is 11.0. The van der Waals surface area contributed by atoms with E-state index in [0.717, 1.165) is 24.8 Å². The quantitative estimate of drug-likeness (QED) is 0.183. The van der Waals surface area contributed by atoms with Crippen LogP contribution < -0.4 is 0 Å². The van der Waals surface area contributed by atoms with Crippen LogP contribution in [-0.2, 0) is 10.0 Å². The van der Waals surface area contributed by atoms with Crippen LogP contribution >= 0.6 is 0 Å². The molecule has 0 radical (unpaired) electrons. The van der Waals surface area contributed by atoms with Gasteiger partial charge < -0.3 is 0 Å². The van der Waals surface area contributed by atoms with Crippen molar-refractivity contribution in [3.05, 3.63) is 66.2 Å². The molecule has 0 unspecified atom stereocenters. The SMILES string of the molecule is CCC[CH2][Sn]([CH2]CCC)([CH2]CCC)[C@H](C(C)C)N([C@@H](CO)c1ccccc1)S(=O)(=O)c1ccccc1. The van der Waals surface area contributed by atoms with Gasteiger partial charge in [-0.25, -0.2) is 0 Å². The molecule has 0 saturated carbocycles.